The number of anilines is 1. The fraction of sp³-hybridized carbons (Fsp3) is 0.160. The molecule has 0 radical (unpaired) electrons. The van der Waals surface area contributed by atoms with Gasteiger partial charge in [-0.05, 0) is 87.5 Å². The quantitative estimate of drug-likeness (QED) is 0.417. The Morgan fingerprint density at radius 3 is 2.26 bits per heavy atom. The average Bonchev–Trinajstić information content (AvgIpc) is 3.38. The Balaban J connectivity index is 1.59. The van der Waals surface area contributed by atoms with Gasteiger partial charge in [0.1, 0.15) is 0 Å². The molecular weight excluding hydrogens is 468 g/mol. The summed E-state index contributed by atoms with van der Waals surface area (Å²) in [5, 5.41) is 10.9. The highest BCUT2D eigenvalue weighted by atomic mass is 32.2. The highest BCUT2D eigenvalue weighted by Crippen LogP contribution is 2.26. The maximum Gasteiger partial charge on any atom is 0.338 e. The van der Waals surface area contributed by atoms with E-state index in [0.29, 0.717) is 33.9 Å². The minimum absolute atomic E-state index is 0.0152. The first-order valence-corrected chi connectivity index (χ1v) is 12.3. The zero-order valence-electron chi connectivity index (χ0n) is 19.4. The van der Waals surface area contributed by atoms with Gasteiger partial charge in [0, 0.05) is 17.6 Å². The summed E-state index contributed by atoms with van der Waals surface area (Å²) in [7, 11) is -3.79. The Morgan fingerprint density at radius 1 is 1.03 bits per heavy atom. The smallest absolute Gasteiger partial charge is 0.338 e. The van der Waals surface area contributed by atoms with Crippen molar-refractivity contribution in [1.82, 2.24) is 4.57 Å². The first kappa shape index (κ1) is 24.1. The van der Waals surface area contributed by atoms with Crippen LogP contribution in [-0.4, -0.2) is 36.7 Å². The third kappa shape index (κ3) is 5.08. The topological polar surface area (TPSA) is 124 Å². The normalized spacial score (nSPS) is 15.1. The van der Waals surface area contributed by atoms with Crippen molar-refractivity contribution in [3.05, 3.63) is 83.7 Å². The second-order valence-electron chi connectivity index (χ2n) is 8.20. The van der Waals surface area contributed by atoms with Gasteiger partial charge in [0.05, 0.1) is 33.5 Å². The molecule has 35 heavy (non-hydrogen) atoms. The van der Waals surface area contributed by atoms with E-state index in [4.69, 9.17) is 9.88 Å². The van der Waals surface area contributed by atoms with Crippen LogP contribution in [-0.2, 0) is 19.6 Å². The lowest BCUT2D eigenvalue weighted by atomic mass is 10.1. The van der Waals surface area contributed by atoms with E-state index in [2.05, 4.69) is 5.10 Å². The van der Waals surface area contributed by atoms with Gasteiger partial charge in [0.2, 0.25) is 10.0 Å². The lowest BCUT2D eigenvalue weighted by Gasteiger charge is -2.13. The molecule has 1 aliphatic rings. The van der Waals surface area contributed by atoms with Crippen molar-refractivity contribution in [3.8, 4) is 5.69 Å². The SMILES string of the molecule is CC1=NN(c2ccc(C(=O)OC(C)C)cc2)C(=O)/C1=C/c1cccn1-c1ccc(S(N)(=O)=O)cc1. The summed E-state index contributed by atoms with van der Waals surface area (Å²) in [6, 6.07) is 16.3. The van der Waals surface area contributed by atoms with E-state index in [1.807, 2.05) is 16.7 Å². The molecule has 0 spiro atoms. The summed E-state index contributed by atoms with van der Waals surface area (Å²) in [5.74, 6) is -0.741. The number of amides is 1. The van der Waals surface area contributed by atoms with Crippen LogP contribution in [0.2, 0.25) is 0 Å². The standard InChI is InChI=1S/C25H24N4O5S/c1-16(2)34-25(31)18-6-8-20(9-7-18)29-24(30)23(17(3)27-29)15-21-5-4-14-28(21)19-10-12-22(13-11-19)35(26,32)33/h4-16H,1-3H3,(H2,26,32,33)/b23-15+. The van der Waals surface area contributed by atoms with Crippen LogP contribution in [0.25, 0.3) is 11.8 Å². The van der Waals surface area contributed by atoms with Gasteiger partial charge >= 0.3 is 5.97 Å². The number of rotatable bonds is 6. The summed E-state index contributed by atoms with van der Waals surface area (Å²) in [6.07, 6.45) is 3.30. The van der Waals surface area contributed by atoms with Crippen LogP contribution in [0, 0.1) is 0 Å². The third-order valence-corrected chi connectivity index (χ3v) is 6.20. The second kappa shape index (κ2) is 9.32. The highest BCUT2D eigenvalue weighted by Gasteiger charge is 2.29. The number of carbonyl (C=O) groups is 2. The monoisotopic (exact) mass is 492 g/mol. The molecule has 4 rings (SSSR count). The maximum absolute atomic E-state index is 13.2. The van der Waals surface area contributed by atoms with E-state index < -0.39 is 16.0 Å². The van der Waals surface area contributed by atoms with E-state index in [1.54, 1.807) is 69.4 Å². The van der Waals surface area contributed by atoms with E-state index in [1.165, 1.54) is 17.1 Å². The molecule has 0 saturated heterocycles. The fourth-order valence-electron chi connectivity index (χ4n) is 3.57. The van der Waals surface area contributed by atoms with Gasteiger partial charge in [-0.25, -0.2) is 18.4 Å². The van der Waals surface area contributed by atoms with Crippen molar-refractivity contribution in [3.63, 3.8) is 0 Å². The molecule has 0 fully saturated rings. The minimum Gasteiger partial charge on any atom is -0.459 e. The number of sulfonamides is 1. The minimum atomic E-state index is -3.79. The number of carbonyl (C=O) groups excluding carboxylic acids is 2. The van der Waals surface area contributed by atoms with Crippen LogP contribution in [0.3, 0.4) is 0 Å². The number of ether oxygens (including phenoxy) is 1. The number of benzene rings is 2. The zero-order chi connectivity index (χ0) is 25.3. The Kier molecular flexibility index (Phi) is 6.42. The van der Waals surface area contributed by atoms with Gasteiger partial charge in [0.25, 0.3) is 5.91 Å². The van der Waals surface area contributed by atoms with Crippen molar-refractivity contribution in [1.29, 1.82) is 0 Å². The molecule has 3 aromatic rings. The van der Waals surface area contributed by atoms with Crippen LogP contribution in [0.5, 0.6) is 0 Å². The lowest BCUT2D eigenvalue weighted by molar-refractivity contribution is -0.114. The molecule has 10 heteroatoms. The molecule has 2 N–H and O–H groups in total. The Labute approximate surface area is 203 Å². The predicted molar refractivity (Wildman–Crippen MR) is 133 cm³/mol. The van der Waals surface area contributed by atoms with Crippen molar-refractivity contribution in [2.24, 2.45) is 10.2 Å². The number of esters is 1. The predicted octanol–water partition coefficient (Wildman–Crippen LogP) is 3.50. The Hall–Kier alpha value is -4.02. The van der Waals surface area contributed by atoms with Crippen molar-refractivity contribution >= 4 is 39.4 Å². The molecule has 0 unspecified atom stereocenters. The van der Waals surface area contributed by atoms with Crippen molar-refractivity contribution in [2.75, 3.05) is 5.01 Å². The molecule has 0 saturated carbocycles. The third-order valence-electron chi connectivity index (χ3n) is 5.27. The molecule has 1 amide bonds. The number of hydrogen-bond acceptors (Lipinski definition) is 6. The first-order valence-electron chi connectivity index (χ1n) is 10.8. The summed E-state index contributed by atoms with van der Waals surface area (Å²) in [5.41, 5.74) is 3.27. The molecular formula is C25H24N4O5S. The van der Waals surface area contributed by atoms with E-state index >= 15 is 0 Å². The lowest BCUT2D eigenvalue weighted by Crippen LogP contribution is -2.21. The molecule has 0 atom stereocenters. The summed E-state index contributed by atoms with van der Waals surface area (Å²) in [4.78, 5) is 25.3. The molecule has 9 nitrogen and oxygen atoms in total. The van der Waals surface area contributed by atoms with Gasteiger partial charge in [0.15, 0.2) is 0 Å². The molecule has 1 aliphatic heterocycles. The van der Waals surface area contributed by atoms with E-state index in [0.717, 1.165) is 0 Å². The summed E-state index contributed by atoms with van der Waals surface area (Å²) < 4.78 is 30.1. The number of primary sulfonamides is 1. The molecule has 2 heterocycles. The van der Waals surface area contributed by atoms with Gasteiger partial charge in [-0.3, -0.25) is 4.79 Å². The fourth-order valence-corrected chi connectivity index (χ4v) is 4.09. The zero-order valence-corrected chi connectivity index (χ0v) is 20.2. The van der Waals surface area contributed by atoms with Gasteiger partial charge in [-0.15, -0.1) is 0 Å². The number of hydrazone groups is 1. The van der Waals surface area contributed by atoms with Crippen LogP contribution in [0.15, 0.2) is 82.4 Å². The van der Waals surface area contributed by atoms with Crippen LogP contribution in [0.1, 0.15) is 36.8 Å². The number of nitrogens with two attached hydrogens (primary N) is 1. The number of aromatic nitrogens is 1. The molecule has 180 valence electrons. The molecule has 1 aromatic heterocycles. The van der Waals surface area contributed by atoms with Gasteiger partial charge in [-0.2, -0.15) is 10.1 Å². The van der Waals surface area contributed by atoms with Gasteiger partial charge in [-0.1, -0.05) is 0 Å². The van der Waals surface area contributed by atoms with Crippen LogP contribution >= 0.6 is 0 Å². The maximum atomic E-state index is 13.2. The molecule has 0 aliphatic carbocycles. The van der Waals surface area contributed by atoms with E-state index in [9.17, 15) is 18.0 Å². The van der Waals surface area contributed by atoms with Crippen LogP contribution < -0.4 is 10.1 Å². The summed E-state index contributed by atoms with van der Waals surface area (Å²) >= 11 is 0. The van der Waals surface area contributed by atoms with Crippen LogP contribution in [0.4, 0.5) is 5.69 Å². The van der Waals surface area contributed by atoms with Gasteiger partial charge < -0.3 is 9.30 Å². The second-order valence-corrected chi connectivity index (χ2v) is 9.76. The van der Waals surface area contributed by atoms with E-state index in [-0.39, 0.29) is 16.9 Å². The molecule has 2 aromatic carbocycles. The highest BCUT2D eigenvalue weighted by molar-refractivity contribution is 7.89. The van der Waals surface area contributed by atoms with Crippen molar-refractivity contribution < 1.29 is 22.7 Å². The Morgan fingerprint density at radius 2 is 1.66 bits per heavy atom. The summed E-state index contributed by atoms with van der Waals surface area (Å²) in [6.45, 7) is 5.29. The Bertz CT molecular complexity index is 1450. The first-order chi connectivity index (χ1) is 16.5. The molecule has 0 bridgehead atoms. The number of nitrogens with zero attached hydrogens (tertiary/aromatic N) is 3. The number of hydrogen-bond donors (Lipinski definition) is 1. The van der Waals surface area contributed by atoms with Crippen molar-refractivity contribution in [2.45, 2.75) is 31.8 Å². The average molecular weight is 493 g/mol. The largest absolute Gasteiger partial charge is 0.459 e.